The molecule has 4 aliphatic carbocycles. The molecular weight excluding hydrogens is 416 g/mol. The first-order valence-electron chi connectivity index (χ1n) is 10.6. The number of carbonyl (C=O) groups excluding carboxylic acids is 3. The lowest BCUT2D eigenvalue weighted by molar-refractivity contribution is -0.161. The van der Waals surface area contributed by atoms with Gasteiger partial charge in [-0.05, 0) is 92.3 Å². The minimum absolute atomic E-state index is 0.0170. The first-order chi connectivity index (χ1) is 14.8. The molecule has 5 aliphatic rings. The Morgan fingerprint density at radius 1 is 1.03 bits per heavy atom. The zero-order valence-electron chi connectivity index (χ0n) is 17.2. The fraction of sp³-hybridized carbons (Fsp3) is 0.478. The standard InChI is InChI=1S/C23H24N2O5S/c1-29-18-8-12(7-16-19(26)24-22(31)25-20(16)27)2-3-17(18)30-21(28)23-9-13-4-14(10-23)6-15(5-13)11-23/h2-3,7-8,13-15H,4-6,9-11H2,1H3,(H2,24,25,26,27,31). The topological polar surface area (TPSA) is 93.7 Å². The lowest BCUT2D eigenvalue weighted by Gasteiger charge is -2.55. The van der Waals surface area contributed by atoms with Gasteiger partial charge in [-0.1, -0.05) is 6.07 Å². The fourth-order valence-corrected chi connectivity index (χ4v) is 6.39. The minimum atomic E-state index is -0.565. The van der Waals surface area contributed by atoms with Crippen LogP contribution in [0.25, 0.3) is 6.08 Å². The molecule has 2 N–H and O–H groups in total. The summed E-state index contributed by atoms with van der Waals surface area (Å²) < 4.78 is 11.3. The van der Waals surface area contributed by atoms with Crippen LogP contribution in [0.3, 0.4) is 0 Å². The molecule has 7 nitrogen and oxygen atoms in total. The molecular formula is C23H24N2O5S. The smallest absolute Gasteiger partial charge is 0.317 e. The van der Waals surface area contributed by atoms with E-state index in [1.807, 2.05) is 0 Å². The number of ether oxygens (including phenoxy) is 2. The predicted octanol–water partition coefficient (Wildman–Crippen LogP) is 2.73. The molecule has 0 spiro atoms. The van der Waals surface area contributed by atoms with Gasteiger partial charge in [-0.25, -0.2) is 0 Å². The molecule has 4 bridgehead atoms. The number of hydrogen-bond donors (Lipinski definition) is 2. The number of methoxy groups -OCH3 is 1. The second-order valence-electron chi connectivity index (χ2n) is 9.29. The van der Waals surface area contributed by atoms with E-state index in [1.54, 1.807) is 18.2 Å². The molecule has 1 aromatic carbocycles. The van der Waals surface area contributed by atoms with Gasteiger partial charge in [-0.15, -0.1) is 0 Å². The van der Waals surface area contributed by atoms with E-state index >= 15 is 0 Å². The van der Waals surface area contributed by atoms with E-state index in [0.29, 0.717) is 34.8 Å². The number of hydrogen-bond acceptors (Lipinski definition) is 6. The monoisotopic (exact) mass is 440 g/mol. The maximum absolute atomic E-state index is 13.2. The lowest BCUT2D eigenvalue weighted by atomic mass is 9.49. The van der Waals surface area contributed by atoms with Crippen molar-refractivity contribution in [1.29, 1.82) is 0 Å². The maximum Gasteiger partial charge on any atom is 0.317 e. The van der Waals surface area contributed by atoms with Gasteiger partial charge < -0.3 is 9.47 Å². The predicted molar refractivity (Wildman–Crippen MR) is 116 cm³/mol. The molecule has 1 heterocycles. The van der Waals surface area contributed by atoms with E-state index in [-0.39, 0.29) is 22.1 Å². The Balaban J connectivity index is 1.37. The largest absolute Gasteiger partial charge is 0.493 e. The molecule has 162 valence electrons. The Labute approximate surface area is 185 Å². The average Bonchev–Trinajstić information content (AvgIpc) is 2.70. The Morgan fingerprint density at radius 3 is 2.16 bits per heavy atom. The van der Waals surface area contributed by atoms with E-state index in [9.17, 15) is 14.4 Å². The molecule has 31 heavy (non-hydrogen) atoms. The third-order valence-electron chi connectivity index (χ3n) is 7.12. The van der Waals surface area contributed by atoms with Crippen molar-refractivity contribution in [2.45, 2.75) is 38.5 Å². The van der Waals surface area contributed by atoms with Crippen LogP contribution in [0, 0.1) is 23.2 Å². The zero-order chi connectivity index (χ0) is 21.8. The molecule has 1 aromatic rings. The van der Waals surface area contributed by atoms with Crippen molar-refractivity contribution in [2.75, 3.05) is 7.11 Å². The summed E-state index contributed by atoms with van der Waals surface area (Å²) in [5.74, 6) is 1.38. The zero-order valence-corrected chi connectivity index (χ0v) is 18.1. The summed E-state index contributed by atoms with van der Waals surface area (Å²) >= 11 is 4.81. The third-order valence-corrected chi connectivity index (χ3v) is 7.32. The molecule has 4 saturated carbocycles. The molecule has 1 saturated heterocycles. The average molecular weight is 441 g/mol. The second-order valence-corrected chi connectivity index (χ2v) is 9.70. The molecule has 0 radical (unpaired) electrons. The number of carbonyl (C=O) groups is 3. The molecule has 6 rings (SSSR count). The number of amides is 2. The maximum atomic E-state index is 13.2. The highest BCUT2D eigenvalue weighted by atomic mass is 32.1. The van der Waals surface area contributed by atoms with Crippen LogP contribution < -0.4 is 20.1 Å². The Bertz CT molecular complexity index is 974. The molecule has 0 aromatic heterocycles. The second kappa shape index (κ2) is 7.44. The van der Waals surface area contributed by atoms with E-state index in [0.717, 1.165) is 19.3 Å². The normalized spacial score (nSPS) is 31.2. The van der Waals surface area contributed by atoms with Crippen LogP contribution in [-0.2, 0) is 14.4 Å². The molecule has 1 aliphatic heterocycles. The van der Waals surface area contributed by atoms with Gasteiger partial charge in [0.1, 0.15) is 5.57 Å². The number of benzene rings is 1. The Kier molecular flexibility index (Phi) is 4.84. The van der Waals surface area contributed by atoms with Crippen molar-refractivity contribution in [3.8, 4) is 11.5 Å². The fourth-order valence-electron chi connectivity index (χ4n) is 6.20. The van der Waals surface area contributed by atoms with Gasteiger partial charge in [-0.2, -0.15) is 0 Å². The van der Waals surface area contributed by atoms with Crippen LogP contribution in [0.15, 0.2) is 23.8 Å². The van der Waals surface area contributed by atoms with Crippen molar-refractivity contribution in [1.82, 2.24) is 10.6 Å². The summed E-state index contributed by atoms with van der Waals surface area (Å²) in [5, 5.41) is 4.78. The number of nitrogens with one attached hydrogen (secondary N) is 2. The Hall–Kier alpha value is -2.74. The number of thiocarbonyl (C=S) groups is 1. The lowest BCUT2D eigenvalue weighted by Crippen LogP contribution is -2.51. The third kappa shape index (κ3) is 3.63. The van der Waals surface area contributed by atoms with Gasteiger partial charge in [0.05, 0.1) is 12.5 Å². The first kappa shape index (κ1) is 20.2. The van der Waals surface area contributed by atoms with Gasteiger partial charge in [0.15, 0.2) is 16.6 Å². The van der Waals surface area contributed by atoms with E-state index in [2.05, 4.69) is 10.6 Å². The van der Waals surface area contributed by atoms with Gasteiger partial charge in [0, 0.05) is 0 Å². The number of esters is 1. The molecule has 8 heteroatoms. The van der Waals surface area contributed by atoms with Gasteiger partial charge >= 0.3 is 5.97 Å². The van der Waals surface area contributed by atoms with Crippen molar-refractivity contribution < 1.29 is 23.9 Å². The molecule has 5 fully saturated rings. The van der Waals surface area contributed by atoms with E-state index in [4.69, 9.17) is 21.7 Å². The van der Waals surface area contributed by atoms with Crippen LogP contribution in [0.4, 0.5) is 0 Å². The first-order valence-corrected chi connectivity index (χ1v) is 11.0. The van der Waals surface area contributed by atoms with Crippen LogP contribution in [0.5, 0.6) is 11.5 Å². The van der Waals surface area contributed by atoms with Crippen LogP contribution >= 0.6 is 12.2 Å². The van der Waals surface area contributed by atoms with Crippen molar-refractivity contribution in [3.05, 3.63) is 29.3 Å². The SMILES string of the molecule is COc1cc(C=C2C(=O)NC(=S)NC2=O)ccc1OC(=O)C12CC3CC(CC(C3)C1)C2. The van der Waals surface area contributed by atoms with Gasteiger partial charge in [0.25, 0.3) is 11.8 Å². The molecule has 0 atom stereocenters. The van der Waals surface area contributed by atoms with Crippen LogP contribution in [0.2, 0.25) is 0 Å². The highest BCUT2D eigenvalue weighted by Crippen LogP contribution is 2.60. The van der Waals surface area contributed by atoms with Gasteiger partial charge in [-0.3, -0.25) is 25.0 Å². The highest BCUT2D eigenvalue weighted by molar-refractivity contribution is 7.80. The quantitative estimate of drug-likeness (QED) is 0.246. The van der Waals surface area contributed by atoms with E-state index in [1.165, 1.54) is 32.4 Å². The van der Waals surface area contributed by atoms with Gasteiger partial charge in [0.2, 0.25) is 0 Å². The molecule has 0 unspecified atom stereocenters. The van der Waals surface area contributed by atoms with Crippen molar-refractivity contribution >= 4 is 41.2 Å². The molecule has 2 amide bonds. The Morgan fingerprint density at radius 2 is 1.61 bits per heavy atom. The summed E-state index contributed by atoms with van der Waals surface area (Å²) in [6.45, 7) is 0. The summed E-state index contributed by atoms with van der Waals surface area (Å²) in [6, 6.07) is 4.97. The highest BCUT2D eigenvalue weighted by Gasteiger charge is 2.55. The summed E-state index contributed by atoms with van der Waals surface area (Å²) in [5.41, 5.74) is 0.144. The minimum Gasteiger partial charge on any atom is -0.493 e. The van der Waals surface area contributed by atoms with Crippen LogP contribution in [-0.4, -0.2) is 30.0 Å². The number of rotatable bonds is 4. The summed E-state index contributed by atoms with van der Waals surface area (Å²) in [7, 11) is 1.49. The summed E-state index contributed by atoms with van der Waals surface area (Å²) in [6.07, 6.45) is 7.99. The summed E-state index contributed by atoms with van der Waals surface area (Å²) in [4.78, 5) is 37.4. The van der Waals surface area contributed by atoms with E-state index < -0.39 is 11.8 Å². The van der Waals surface area contributed by atoms with Crippen molar-refractivity contribution in [3.63, 3.8) is 0 Å². The van der Waals surface area contributed by atoms with Crippen molar-refractivity contribution in [2.24, 2.45) is 23.2 Å². The van der Waals surface area contributed by atoms with Crippen LogP contribution in [0.1, 0.15) is 44.1 Å².